The van der Waals surface area contributed by atoms with Crippen molar-refractivity contribution in [1.82, 2.24) is 9.80 Å². The van der Waals surface area contributed by atoms with Crippen molar-refractivity contribution >= 4 is 17.5 Å². The molecular formula is C33H37N3O5. The third kappa shape index (κ3) is 4.75. The van der Waals surface area contributed by atoms with E-state index in [9.17, 15) is 9.59 Å². The van der Waals surface area contributed by atoms with Crippen molar-refractivity contribution in [3.8, 4) is 17.2 Å². The molecule has 0 bridgehead atoms. The molecule has 2 atom stereocenters. The Balaban J connectivity index is 1.36. The van der Waals surface area contributed by atoms with Gasteiger partial charge in [0.1, 0.15) is 5.75 Å². The summed E-state index contributed by atoms with van der Waals surface area (Å²) in [5, 5.41) is 0. The molecule has 0 radical (unpaired) electrons. The van der Waals surface area contributed by atoms with E-state index in [1.54, 1.807) is 7.11 Å². The predicted molar refractivity (Wildman–Crippen MR) is 157 cm³/mol. The fourth-order valence-corrected chi connectivity index (χ4v) is 6.59. The van der Waals surface area contributed by atoms with Gasteiger partial charge in [-0.05, 0) is 67.3 Å². The molecule has 2 amide bonds. The maximum atomic E-state index is 14.5. The second kappa shape index (κ2) is 11.4. The highest BCUT2D eigenvalue weighted by Crippen LogP contribution is 2.49. The van der Waals surface area contributed by atoms with E-state index in [4.69, 9.17) is 14.2 Å². The van der Waals surface area contributed by atoms with Gasteiger partial charge in [-0.2, -0.15) is 0 Å². The van der Waals surface area contributed by atoms with Gasteiger partial charge in [-0.25, -0.2) is 0 Å². The molecule has 1 saturated heterocycles. The Morgan fingerprint density at radius 2 is 1.51 bits per heavy atom. The van der Waals surface area contributed by atoms with Crippen LogP contribution < -0.4 is 19.1 Å². The molecule has 8 heteroatoms. The van der Waals surface area contributed by atoms with Crippen LogP contribution in [0.4, 0.5) is 5.69 Å². The lowest BCUT2D eigenvalue weighted by Crippen LogP contribution is -2.54. The summed E-state index contributed by atoms with van der Waals surface area (Å²) >= 11 is 0. The number of amides is 2. The quantitative estimate of drug-likeness (QED) is 0.422. The second-order valence-electron chi connectivity index (χ2n) is 10.6. The van der Waals surface area contributed by atoms with Crippen LogP contribution in [0.25, 0.3) is 0 Å². The highest BCUT2D eigenvalue weighted by Gasteiger charge is 2.48. The van der Waals surface area contributed by atoms with Crippen molar-refractivity contribution in [1.29, 1.82) is 0 Å². The lowest BCUT2D eigenvalue weighted by atomic mass is 9.75. The lowest BCUT2D eigenvalue weighted by Gasteiger charge is -2.47. The summed E-state index contributed by atoms with van der Waals surface area (Å²) in [5.41, 5.74) is 4.53. The van der Waals surface area contributed by atoms with Crippen LogP contribution in [-0.4, -0.2) is 74.7 Å². The molecule has 3 aliphatic heterocycles. The molecule has 0 spiro atoms. The fraction of sp³-hybridized carbons (Fsp3) is 0.394. The van der Waals surface area contributed by atoms with Gasteiger partial charge in [-0.3, -0.25) is 9.59 Å². The third-order valence-electron chi connectivity index (χ3n) is 8.47. The Labute approximate surface area is 241 Å². The largest absolute Gasteiger partial charge is 0.495 e. The summed E-state index contributed by atoms with van der Waals surface area (Å²) in [7, 11) is 1.68. The Morgan fingerprint density at radius 1 is 0.829 bits per heavy atom. The van der Waals surface area contributed by atoms with Crippen LogP contribution in [-0.2, 0) is 11.2 Å². The minimum absolute atomic E-state index is 0.0202. The van der Waals surface area contributed by atoms with Crippen molar-refractivity contribution in [2.24, 2.45) is 0 Å². The van der Waals surface area contributed by atoms with Crippen molar-refractivity contribution in [3.05, 3.63) is 82.9 Å². The monoisotopic (exact) mass is 555 g/mol. The maximum absolute atomic E-state index is 14.5. The Kier molecular flexibility index (Phi) is 7.47. The van der Waals surface area contributed by atoms with Crippen LogP contribution in [0.2, 0.25) is 0 Å². The van der Waals surface area contributed by atoms with Crippen molar-refractivity contribution in [2.75, 3.05) is 57.9 Å². The van der Waals surface area contributed by atoms with Gasteiger partial charge in [0.15, 0.2) is 11.5 Å². The fourth-order valence-electron chi connectivity index (χ4n) is 6.59. The van der Waals surface area contributed by atoms with E-state index in [1.165, 1.54) is 0 Å². The summed E-state index contributed by atoms with van der Waals surface area (Å²) in [6.07, 6.45) is 0.699. The van der Waals surface area contributed by atoms with Crippen LogP contribution in [0.3, 0.4) is 0 Å². The van der Waals surface area contributed by atoms with E-state index < -0.39 is 12.0 Å². The van der Waals surface area contributed by atoms with Gasteiger partial charge in [0, 0.05) is 38.3 Å². The second-order valence-corrected chi connectivity index (χ2v) is 10.6. The summed E-state index contributed by atoms with van der Waals surface area (Å²) in [6, 6.07) is 19.2. The van der Waals surface area contributed by atoms with Crippen LogP contribution in [0, 0.1) is 0 Å². The van der Waals surface area contributed by atoms with Gasteiger partial charge in [0.25, 0.3) is 5.91 Å². The summed E-state index contributed by atoms with van der Waals surface area (Å²) in [4.78, 5) is 34.4. The number of anilines is 1. The van der Waals surface area contributed by atoms with Crippen LogP contribution in [0.1, 0.15) is 52.9 Å². The molecule has 3 aromatic carbocycles. The standard InChI is InChI=1S/C33H37N3O5/c1-4-40-28-20-22-14-15-36-31(25(22)21-29(28)41-5-2)30(23-10-6-7-11-24(23)32(36)37)33(38)35-18-16-34(17-19-35)26-12-8-9-13-27(26)39-3/h6-13,20-21,30-31H,4-5,14-19H2,1-3H3. The first kappa shape index (κ1) is 27.0. The van der Waals surface area contributed by atoms with Gasteiger partial charge in [0.2, 0.25) is 5.91 Å². The van der Waals surface area contributed by atoms with Gasteiger partial charge < -0.3 is 28.9 Å². The number of ether oxygens (including phenoxy) is 3. The summed E-state index contributed by atoms with van der Waals surface area (Å²) < 4.78 is 17.5. The molecule has 0 saturated carbocycles. The smallest absolute Gasteiger partial charge is 0.254 e. The molecule has 0 aliphatic carbocycles. The first-order chi connectivity index (χ1) is 20.0. The molecule has 3 heterocycles. The minimum atomic E-state index is -0.506. The van der Waals surface area contributed by atoms with Crippen LogP contribution >= 0.6 is 0 Å². The van der Waals surface area contributed by atoms with E-state index >= 15 is 0 Å². The molecule has 0 N–H and O–H groups in total. The minimum Gasteiger partial charge on any atom is -0.495 e. The number of fused-ring (bicyclic) bond motifs is 4. The molecule has 6 rings (SSSR count). The number of methoxy groups -OCH3 is 1. The van der Waals surface area contributed by atoms with Crippen molar-refractivity contribution < 1.29 is 23.8 Å². The first-order valence-electron chi connectivity index (χ1n) is 14.5. The maximum Gasteiger partial charge on any atom is 0.254 e. The number of benzene rings is 3. The average Bonchev–Trinajstić information content (AvgIpc) is 3.01. The van der Waals surface area contributed by atoms with Crippen LogP contribution in [0.5, 0.6) is 17.2 Å². The molecule has 214 valence electrons. The van der Waals surface area contributed by atoms with E-state index in [2.05, 4.69) is 11.0 Å². The molecule has 2 unspecified atom stereocenters. The molecular weight excluding hydrogens is 518 g/mol. The highest BCUT2D eigenvalue weighted by molar-refractivity contribution is 6.01. The Hall–Kier alpha value is -4.20. The zero-order valence-corrected chi connectivity index (χ0v) is 24.0. The van der Waals surface area contributed by atoms with Gasteiger partial charge >= 0.3 is 0 Å². The lowest BCUT2D eigenvalue weighted by molar-refractivity contribution is -0.135. The number of carbonyl (C=O) groups excluding carboxylic acids is 2. The summed E-state index contributed by atoms with van der Waals surface area (Å²) in [6.45, 7) is 8.07. The number of carbonyl (C=O) groups is 2. The molecule has 8 nitrogen and oxygen atoms in total. The Morgan fingerprint density at radius 3 is 2.24 bits per heavy atom. The van der Waals surface area contributed by atoms with E-state index in [0.717, 1.165) is 28.1 Å². The molecule has 3 aromatic rings. The summed E-state index contributed by atoms with van der Waals surface area (Å²) in [5.74, 6) is 1.72. The SMILES string of the molecule is CCOc1cc2c(cc1OCC)C1C(C(=O)N3CCN(c4ccccc4OC)CC3)c3ccccc3C(=O)N1CC2. The normalized spacial score (nSPS) is 19.7. The van der Waals surface area contributed by atoms with E-state index in [1.807, 2.05) is 78.2 Å². The zero-order valence-electron chi connectivity index (χ0n) is 24.0. The average molecular weight is 556 g/mol. The number of nitrogens with zero attached hydrogens (tertiary/aromatic N) is 3. The molecule has 3 aliphatic rings. The molecule has 0 aromatic heterocycles. The highest BCUT2D eigenvalue weighted by atomic mass is 16.5. The van der Waals surface area contributed by atoms with Gasteiger partial charge in [0.05, 0.1) is 38.0 Å². The number of hydrogen-bond acceptors (Lipinski definition) is 6. The number of rotatable bonds is 7. The predicted octanol–water partition coefficient (Wildman–Crippen LogP) is 4.68. The van der Waals surface area contributed by atoms with Gasteiger partial charge in [-0.1, -0.05) is 30.3 Å². The van der Waals surface area contributed by atoms with Crippen molar-refractivity contribution in [3.63, 3.8) is 0 Å². The third-order valence-corrected chi connectivity index (χ3v) is 8.47. The molecule has 1 fully saturated rings. The zero-order chi connectivity index (χ0) is 28.5. The van der Waals surface area contributed by atoms with Gasteiger partial charge in [-0.15, -0.1) is 0 Å². The first-order valence-corrected chi connectivity index (χ1v) is 14.5. The topological polar surface area (TPSA) is 71.5 Å². The van der Waals surface area contributed by atoms with E-state index in [0.29, 0.717) is 69.4 Å². The van der Waals surface area contributed by atoms with Crippen molar-refractivity contribution in [2.45, 2.75) is 32.2 Å². The van der Waals surface area contributed by atoms with Crippen LogP contribution in [0.15, 0.2) is 60.7 Å². The van der Waals surface area contributed by atoms with E-state index in [-0.39, 0.29) is 11.8 Å². The number of hydrogen-bond donors (Lipinski definition) is 0. The molecule has 41 heavy (non-hydrogen) atoms. The number of piperazine rings is 1. The number of para-hydroxylation sites is 2. The Bertz CT molecular complexity index is 1450.